The molecular formula is C7H16N4O. The molecule has 0 aliphatic rings. The number of rotatable bonds is 0. The van der Waals surface area contributed by atoms with Gasteiger partial charge in [-0.3, -0.25) is 4.79 Å². The molecular weight excluding hydrogens is 156 g/mol. The van der Waals surface area contributed by atoms with Crippen molar-refractivity contribution in [2.45, 2.75) is 20.8 Å². The molecule has 0 spiro atoms. The third-order valence-electron chi connectivity index (χ3n) is 0.683. The van der Waals surface area contributed by atoms with Gasteiger partial charge in [-0.2, -0.15) is 15.4 Å². The van der Waals surface area contributed by atoms with Crippen molar-refractivity contribution in [2.75, 3.05) is 7.05 Å². The van der Waals surface area contributed by atoms with E-state index in [1.165, 1.54) is 6.92 Å². The van der Waals surface area contributed by atoms with Gasteiger partial charge in [-0.15, -0.1) is 0 Å². The van der Waals surface area contributed by atoms with Crippen LogP contribution in [0.5, 0.6) is 0 Å². The number of nitrogens with zero attached hydrogens (tertiary/aromatic N) is 2. The molecule has 1 heterocycles. The van der Waals surface area contributed by atoms with Gasteiger partial charge in [0.05, 0.1) is 12.4 Å². The predicted octanol–water partition coefficient (Wildman–Crippen LogP) is 0.583. The monoisotopic (exact) mass is 172 g/mol. The van der Waals surface area contributed by atoms with E-state index in [0.717, 1.165) is 0 Å². The van der Waals surface area contributed by atoms with E-state index in [1.807, 2.05) is 13.8 Å². The molecule has 1 amide bonds. The molecule has 0 fully saturated rings. The first-order chi connectivity index (χ1) is 5.77. The van der Waals surface area contributed by atoms with E-state index in [2.05, 4.69) is 20.7 Å². The number of carbonyl (C=O) groups excluding carboxylic acids is 1. The van der Waals surface area contributed by atoms with E-state index in [1.54, 1.807) is 19.4 Å². The number of nitrogens with one attached hydrogen (secondary N) is 2. The molecule has 0 saturated carbocycles. The minimum atomic E-state index is 0.00463. The second-order valence-electron chi connectivity index (χ2n) is 1.46. The summed E-state index contributed by atoms with van der Waals surface area (Å²) in [6.45, 7) is 5.47. The Hall–Kier alpha value is -1.39. The molecule has 5 heteroatoms. The molecule has 1 rings (SSSR count). The van der Waals surface area contributed by atoms with Crippen LogP contribution in [-0.4, -0.2) is 28.4 Å². The van der Waals surface area contributed by atoms with Crippen molar-refractivity contribution >= 4 is 5.91 Å². The zero-order valence-electron chi connectivity index (χ0n) is 7.96. The summed E-state index contributed by atoms with van der Waals surface area (Å²) >= 11 is 0. The SMILES string of the molecule is CC.CNC(C)=O.c1cn[nH]n1. The lowest BCUT2D eigenvalue weighted by Gasteiger charge is -1.80. The fraction of sp³-hybridized carbons (Fsp3) is 0.571. The van der Waals surface area contributed by atoms with Crippen LogP contribution in [0.15, 0.2) is 12.4 Å². The molecule has 0 bridgehead atoms. The third-order valence-corrected chi connectivity index (χ3v) is 0.683. The summed E-state index contributed by atoms with van der Waals surface area (Å²) in [5.41, 5.74) is 0. The minimum absolute atomic E-state index is 0.00463. The molecule has 12 heavy (non-hydrogen) atoms. The van der Waals surface area contributed by atoms with Crippen molar-refractivity contribution in [1.82, 2.24) is 20.7 Å². The van der Waals surface area contributed by atoms with Gasteiger partial charge in [-0.05, 0) is 0 Å². The first-order valence-corrected chi connectivity index (χ1v) is 3.75. The molecule has 2 N–H and O–H groups in total. The number of H-pyrrole nitrogens is 1. The lowest BCUT2D eigenvalue weighted by Crippen LogP contribution is -2.11. The van der Waals surface area contributed by atoms with Crippen LogP contribution in [-0.2, 0) is 4.79 Å². The Bertz CT molecular complexity index is 145. The lowest BCUT2D eigenvalue weighted by atomic mass is 10.7. The molecule has 1 aromatic heterocycles. The minimum Gasteiger partial charge on any atom is -0.359 e. The summed E-state index contributed by atoms with van der Waals surface area (Å²) in [6.07, 6.45) is 3.17. The smallest absolute Gasteiger partial charge is 0.216 e. The van der Waals surface area contributed by atoms with Crippen molar-refractivity contribution in [1.29, 1.82) is 0 Å². The Balaban J connectivity index is 0. The zero-order valence-corrected chi connectivity index (χ0v) is 7.96. The van der Waals surface area contributed by atoms with Gasteiger partial charge in [0, 0.05) is 14.0 Å². The maximum atomic E-state index is 9.70. The van der Waals surface area contributed by atoms with E-state index in [4.69, 9.17) is 0 Å². The molecule has 0 aliphatic heterocycles. The van der Waals surface area contributed by atoms with Gasteiger partial charge in [-0.25, -0.2) is 0 Å². The normalized spacial score (nSPS) is 6.67. The summed E-state index contributed by atoms with van der Waals surface area (Å²) in [5, 5.41) is 11.7. The molecule has 1 aromatic rings. The number of hydrogen-bond donors (Lipinski definition) is 2. The van der Waals surface area contributed by atoms with Crippen LogP contribution < -0.4 is 5.32 Å². The fourth-order valence-corrected chi connectivity index (χ4v) is 0.167. The average molecular weight is 172 g/mol. The van der Waals surface area contributed by atoms with Gasteiger partial charge in [0.1, 0.15) is 0 Å². The average Bonchev–Trinajstić information content (AvgIpc) is 2.65. The first kappa shape index (κ1) is 13.2. The second-order valence-corrected chi connectivity index (χ2v) is 1.46. The maximum absolute atomic E-state index is 9.70. The zero-order chi connectivity index (χ0) is 9.82. The van der Waals surface area contributed by atoms with Gasteiger partial charge in [0.15, 0.2) is 0 Å². The second kappa shape index (κ2) is 12.3. The summed E-state index contributed by atoms with van der Waals surface area (Å²) in [6, 6.07) is 0. The van der Waals surface area contributed by atoms with E-state index in [9.17, 15) is 4.79 Å². The van der Waals surface area contributed by atoms with Crippen molar-refractivity contribution in [3.05, 3.63) is 12.4 Å². The van der Waals surface area contributed by atoms with Gasteiger partial charge >= 0.3 is 0 Å². The Labute approximate surface area is 72.6 Å². The standard InChI is InChI=1S/C3H7NO.C2H3N3.C2H6/c1-3(5)4-2;1-2-4-5-3-1;1-2/h1-2H3,(H,4,5);1-2H,(H,3,4,5);1-2H3. The largest absolute Gasteiger partial charge is 0.359 e. The number of carbonyl (C=O) groups is 1. The van der Waals surface area contributed by atoms with Gasteiger partial charge in [-0.1, -0.05) is 13.8 Å². The van der Waals surface area contributed by atoms with Crippen LogP contribution in [0.1, 0.15) is 20.8 Å². The Morgan fingerprint density at radius 2 is 1.67 bits per heavy atom. The molecule has 70 valence electrons. The van der Waals surface area contributed by atoms with Crippen LogP contribution in [0.25, 0.3) is 0 Å². The summed E-state index contributed by atoms with van der Waals surface area (Å²) in [4.78, 5) is 9.70. The Kier molecular flexibility index (Phi) is 13.5. The number of aromatic nitrogens is 3. The van der Waals surface area contributed by atoms with Crippen molar-refractivity contribution in [3.8, 4) is 0 Å². The van der Waals surface area contributed by atoms with E-state index >= 15 is 0 Å². The molecule has 0 radical (unpaired) electrons. The van der Waals surface area contributed by atoms with Gasteiger partial charge < -0.3 is 5.32 Å². The third kappa shape index (κ3) is 15.8. The highest BCUT2D eigenvalue weighted by molar-refractivity contribution is 5.72. The van der Waals surface area contributed by atoms with Crippen molar-refractivity contribution < 1.29 is 4.79 Å². The summed E-state index contributed by atoms with van der Waals surface area (Å²) in [7, 11) is 1.60. The number of amides is 1. The van der Waals surface area contributed by atoms with Crippen LogP contribution in [0.3, 0.4) is 0 Å². The van der Waals surface area contributed by atoms with E-state index < -0.39 is 0 Å². The summed E-state index contributed by atoms with van der Waals surface area (Å²) < 4.78 is 0. The molecule has 0 unspecified atom stereocenters. The molecule has 0 aromatic carbocycles. The van der Waals surface area contributed by atoms with Gasteiger partial charge in [0.2, 0.25) is 5.91 Å². The molecule has 0 aliphatic carbocycles. The Morgan fingerprint density at radius 3 is 1.75 bits per heavy atom. The highest BCUT2D eigenvalue weighted by Crippen LogP contribution is 1.55. The van der Waals surface area contributed by atoms with E-state index in [-0.39, 0.29) is 5.91 Å². The van der Waals surface area contributed by atoms with E-state index in [0.29, 0.717) is 0 Å². The summed E-state index contributed by atoms with van der Waals surface area (Å²) in [5.74, 6) is 0.00463. The predicted molar refractivity (Wildman–Crippen MR) is 47.5 cm³/mol. The van der Waals surface area contributed by atoms with Crippen LogP contribution in [0.4, 0.5) is 0 Å². The highest BCUT2D eigenvalue weighted by Gasteiger charge is 1.72. The highest BCUT2D eigenvalue weighted by atomic mass is 16.1. The number of hydrogen-bond acceptors (Lipinski definition) is 3. The molecule has 0 atom stereocenters. The van der Waals surface area contributed by atoms with Gasteiger partial charge in [0.25, 0.3) is 0 Å². The van der Waals surface area contributed by atoms with Crippen LogP contribution >= 0.6 is 0 Å². The molecule has 0 saturated heterocycles. The van der Waals surface area contributed by atoms with Crippen LogP contribution in [0, 0.1) is 0 Å². The Morgan fingerprint density at radius 1 is 1.33 bits per heavy atom. The number of aromatic amines is 1. The maximum Gasteiger partial charge on any atom is 0.216 e. The van der Waals surface area contributed by atoms with Crippen LogP contribution in [0.2, 0.25) is 0 Å². The lowest BCUT2D eigenvalue weighted by molar-refractivity contribution is -0.118. The molecule has 5 nitrogen and oxygen atoms in total. The quantitative estimate of drug-likeness (QED) is 0.601. The van der Waals surface area contributed by atoms with Crippen molar-refractivity contribution in [3.63, 3.8) is 0 Å². The first-order valence-electron chi connectivity index (χ1n) is 3.75. The topological polar surface area (TPSA) is 70.7 Å². The fourth-order valence-electron chi connectivity index (χ4n) is 0.167. The van der Waals surface area contributed by atoms with Crippen molar-refractivity contribution in [2.24, 2.45) is 0 Å².